The largest absolute Gasteiger partial charge is 0.488 e. The molecule has 0 aliphatic rings. The fraction of sp³-hybridized carbons (Fsp3) is 0.250. The van der Waals surface area contributed by atoms with Gasteiger partial charge in [-0.15, -0.1) is 0 Å². The van der Waals surface area contributed by atoms with Crippen LogP contribution < -0.4 is 5.46 Å². The van der Waals surface area contributed by atoms with Gasteiger partial charge in [0.05, 0.1) is 5.02 Å². The third kappa shape index (κ3) is 2.02. The van der Waals surface area contributed by atoms with E-state index in [2.05, 4.69) is 0 Å². The Kier molecular flexibility index (Phi) is 3.30. The van der Waals surface area contributed by atoms with Crippen molar-refractivity contribution >= 4 is 24.2 Å². The van der Waals surface area contributed by atoms with Crippen molar-refractivity contribution in [3.63, 3.8) is 0 Å². The number of rotatable bonds is 2. The van der Waals surface area contributed by atoms with Crippen molar-refractivity contribution in [2.45, 2.75) is 13.3 Å². The molecule has 2 nitrogen and oxygen atoms in total. The van der Waals surface area contributed by atoms with Crippen LogP contribution >= 0.6 is 11.6 Å². The third-order valence-corrected chi connectivity index (χ3v) is 2.16. The predicted molar refractivity (Wildman–Crippen MR) is 50.6 cm³/mol. The monoisotopic (exact) mass is 202 g/mol. The van der Waals surface area contributed by atoms with Crippen molar-refractivity contribution in [1.82, 2.24) is 0 Å². The molecule has 2 N–H and O–H groups in total. The smallest absolute Gasteiger partial charge is 0.423 e. The molecule has 0 fully saturated rings. The fourth-order valence-electron chi connectivity index (χ4n) is 1.21. The predicted octanol–water partition coefficient (Wildman–Crippen LogP) is 0.721. The highest BCUT2D eigenvalue weighted by Crippen LogP contribution is 2.16. The summed E-state index contributed by atoms with van der Waals surface area (Å²) < 4.78 is 13.3. The normalized spacial score (nSPS) is 10.2. The lowest BCUT2D eigenvalue weighted by molar-refractivity contribution is 0.425. The Hall–Kier alpha value is -0.575. The summed E-state index contributed by atoms with van der Waals surface area (Å²) in [6.07, 6.45) is 0.374. The van der Waals surface area contributed by atoms with E-state index in [1.807, 2.05) is 0 Å². The molecule has 0 amide bonds. The summed E-state index contributed by atoms with van der Waals surface area (Å²) in [6, 6.07) is 2.72. The quantitative estimate of drug-likeness (QED) is 0.694. The first-order valence-electron chi connectivity index (χ1n) is 3.90. The zero-order valence-corrected chi connectivity index (χ0v) is 7.85. The zero-order valence-electron chi connectivity index (χ0n) is 7.09. The average Bonchev–Trinajstić information content (AvgIpc) is 2.09. The van der Waals surface area contributed by atoms with Crippen molar-refractivity contribution in [2.75, 3.05) is 0 Å². The molecule has 0 bridgehead atoms. The van der Waals surface area contributed by atoms with Crippen molar-refractivity contribution in [3.8, 4) is 0 Å². The Morgan fingerprint density at radius 1 is 1.46 bits per heavy atom. The molecule has 0 radical (unpaired) electrons. The number of benzene rings is 1. The first-order chi connectivity index (χ1) is 6.07. The van der Waals surface area contributed by atoms with E-state index in [0.29, 0.717) is 6.42 Å². The molecule has 0 saturated carbocycles. The Morgan fingerprint density at radius 3 is 2.54 bits per heavy atom. The highest BCUT2D eigenvalue weighted by Gasteiger charge is 2.19. The summed E-state index contributed by atoms with van der Waals surface area (Å²) in [7, 11) is -1.65. The van der Waals surface area contributed by atoms with Crippen LogP contribution in [0.3, 0.4) is 0 Å². The second kappa shape index (κ2) is 4.09. The second-order valence-corrected chi connectivity index (χ2v) is 3.06. The Morgan fingerprint density at radius 2 is 2.08 bits per heavy atom. The first kappa shape index (κ1) is 10.5. The third-order valence-electron chi connectivity index (χ3n) is 1.86. The van der Waals surface area contributed by atoms with Gasteiger partial charge in [-0.2, -0.15) is 0 Å². The van der Waals surface area contributed by atoms with Gasteiger partial charge in [-0.3, -0.25) is 0 Å². The molecule has 0 atom stereocenters. The fourth-order valence-corrected chi connectivity index (χ4v) is 1.39. The van der Waals surface area contributed by atoms with Crippen LogP contribution in [0.4, 0.5) is 4.39 Å². The van der Waals surface area contributed by atoms with Gasteiger partial charge in [-0.1, -0.05) is 24.6 Å². The molecule has 70 valence electrons. The summed E-state index contributed by atoms with van der Waals surface area (Å²) in [5.41, 5.74) is 0.423. The number of hydrogen-bond acceptors (Lipinski definition) is 2. The van der Waals surface area contributed by atoms with Gasteiger partial charge in [-0.25, -0.2) is 4.39 Å². The van der Waals surface area contributed by atoms with Crippen LogP contribution in [0.5, 0.6) is 0 Å². The molecule has 0 saturated heterocycles. The summed E-state index contributed by atoms with van der Waals surface area (Å²) in [6.45, 7) is 1.72. The van der Waals surface area contributed by atoms with Crippen LogP contribution in [0, 0.1) is 5.82 Å². The van der Waals surface area contributed by atoms with Crippen LogP contribution in [0.1, 0.15) is 12.5 Å². The number of halogens is 2. The van der Waals surface area contributed by atoms with Gasteiger partial charge in [0.1, 0.15) is 5.82 Å². The summed E-state index contributed by atoms with van der Waals surface area (Å²) in [5.74, 6) is -0.574. The van der Waals surface area contributed by atoms with Gasteiger partial charge in [0.2, 0.25) is 0 Å². The minimum absolute atomic E-state index is 0.00116. The molecule has 1 aromatic carbocycles. The summed E-state index contributed by atoms with van der Waals surface area (Å²) in [5, 5.41) is 17.8. The molecule has 0 heterocycles. The maximum Gasteiger partial charge on any atom is 0.488 e. The van der Waals surface area contributed by atoms with Crippen LogP contribution in [0.15, 0.2) is 12.1 Å². The van der Waals surface area contributed by atoms with E-state index < -0.39 is 12.9 Å². The molecular weight excluding hydrogens is 193 g/mol. The maximum atomic E-state index is 13.3. The maximum absolute atomic E-state index is 13.3. The van der Waals surface area contributed by atoms with Crippen LogP contribution in [-0.4, -0.2) is 17.2 Å². The average molecular weight is 202 g/mol. The molecule has 0 aliphatic carbocycles. The van der Waals surface area contributed by atoms with Crippen molar-refractivity contribution < 1.29 is 14.4 Å². The first-order valence-corrected chi connectivity index (χ1v) is 4.28. The summed E-state index contributed by atoms with van der Waals surface area (Å²) >= 11 is 5.53. The highest BCUT2D eigenvalue weighted by atomic mass is 35.5. The lowest BCUT2D eigenvalue weighted by Crippen LogP contribution is -2.33. The molecule has 13 heavy (non-hydrogen) atoms. The van der Waals surface area contributed by atoms with Crippen molar-refractivity contribution in [1.29, 1.82) is 0 Å². The Balaban J connectivity index is 3.30. The standard InChI is InChI=1S/C8H9BClFO2/c1-2-5-6(9(12)13)3-4-7(10)8(5)11/h3-4,12-13H,2H2,1H3. The molecule has 0 unspecified atom stereocenters. The van der Waals surface area contributed by atoms with Gasteiger partial charge in [0.15, 0.2) is 0 Å². The lowest BCUT2D eigenvalue weighted by Gasteiger charge is -2.08. The topological polar surface area (TPSA) is 40.5 Å². The molecule has 1 aromatic rings. The van der Waals surface area contributed by atoms with Crippen LogP contribution in [-0.2, 0) is 6.42 Å². The van der Waals surface area contributed by atoms with Crippen LogP contribution in [0.25, 0.3) is 0 Å². The van der Waals surface area contributed by atoms with E-state index in [-0.39, 0.29) is 16.0 Å². The molecule has 1 rings (SSSR count). The van der Waals surface area contributed by atoms with E-state index in [9.17, 15) is 4.39 Å². The SMILES string of the molecule is CCc1c(B(O)O)ccc(Cl)c1F. The number of hydrogen-bond donors (Lipinski definition) is 2. The molecule has 5 heteroatoms. The van der Waals surface area contributed by atoms with E-state index in [0.717, 1.165) is 0 Å². The van der Waals surface area contributed by atoms with Gasteiger partial charge < -0.3 is 10.0 Å². The highest BCUT2D eigenvalue weighted by molar-refractivity contribution is 6.59. The van der Waals surface area contributed by atoms with Gasteiger partial charge >= 0.3 is 7.12 Å². The Bertz CT molecular complexity index is 317. The molecule has 0 spiro atoms. The van der Waals surface area contributed by atoms with Crippen molar-refractivity contribution in [2.24, 2.45) is 0 Å². The zero-order chi connectivity index (χ0) is 10.0. The van der Waals surface area contributed by atoms with Gasteiger partial charge in [-0.05, 0) is 23.5 Å². The van der Waals surface area contributed by atoms with E-state index in [4.69, 9.17) is 21.6 Å². The van der Waals surface area contributed by atoms with E-state index >= 15 is 0 Å². The van der Waals surface area contributed by atoms with Crippen LogP contribution in [0.2, 0.25) is 5.02 Å². The minimum atomic E-state index is -1.65. The van der Waals surface area contributed by atoms with Gasteiger partial charge in [0.25, 0.3) is 0 Å². The van der Waals surface area contributed by atoms with Crippen molar-refractivity contribution in [3.05, 3.63) is 28.5 Å². The summed E-state index contributed by atoms with van der Waals surface area (Å²) in [4.78, 5) is 0. The minimum Gasteiger partial charge on any atom is -0.423 e. The second-order valence-electron chi connectivity index (χ2n) is 2.66. The molecular formula is C8H9BClFO2. The van der Waals surface area contributed by atoms with E-state index in [1.165, 1.54) is 12.1 Å². The van der Waals surface area contributed by atoms with Gasteiger partial charge in [0, 0.05) is 0 Å². The molecule has 0 aliphatic heterocycles. The molecule has 0 aromatic heterocycles. The lowest BCUT2D eigenvalue weighted by atomic mass is 9.76. The Labute approximate surface area is 81.1 Å². The van der Waals surface area contributed by atoms with E-state index in [1.54, 1.807) is 6.92 Å².